The summed E-state index contributed by atoms with van der Waals surface area (Å²) < 4.78 is 7.86. The topological polar surface area (TPSA) is 39.1 Å². The predicted octanol–water partition coefficient (Wildman–Crippen LogP) is 4.69. The Bertz CT molecular complexity index is 855. The zero-order chi connectivity index (χ0) is 17.1. The zero-order valence-electron chi connectivity index (χ0n) is 14.5. The molecule has 25 heavy (non-hydrogen) atoms. The summed E-state index contributed by atoms with van der Waals surface area (Å²) in [5.41, 5.74) is 4.51. The first-order valence-electron chi connectivity index (χ1n) is 9.02. The molecule has 2 heterocycles. The van der Waals surface area contributed by atoms with Gasteiger partial charge in [0.05, 0.1) is 12.3 Å². The van der Waals surface area contributed by atoms with Gasteiger partial charge >= 0.3 is 0 Å². The number of benzene rings is 2. The second-order valence-electron chi connectivity index (χ2n) is 6.24. The number of fused-ring (bicyclic) bond motifs is 1. The third-order valence-corrected chi connectivity index (χ3v) is 4.57. The molecule has 3 aromatic rings. The van der Waals surface area contributed by atoms with Crippen LogP contribution in [0.25, 0.3) is 16.9 Å². The van der Waals surface area contributed by atoms with Gasteiger partial charge in [0, 0.05) is 17.7 Å². The average Bonchev–Trinajstić information content (AvgIpc) is 2.84. The molecule has 1 aliphatic heterocycles. The molecule has 0 fully saturated rings. The molecule has 1 N–H and O–H groups in total. The molecule has 4 heteroatoms. The Morgan fingerprint density at radius 1 is 1.04 bits per heavy atom. The Morgan fingerprint density at radius 3 is 2.68 bits per heavy atom. The Morgan fingerprint density at radius 2 is 1.84 bits per heavy atom. The largest absolute Gasteiger partial charge is 0.492 e. The normalized spacial score (nSPS) is 13.6. The molecule has 0 unspecified atom stereocenters. The van der Waals surface area contributed by atoms with E-state index in [1.54, 1.807) is 0 Å². The van der Waals surface area contributed by atoms with E-state index >= 15 is 0 Å². The van der Waals surface area contributed by atoms with Crippen LogP contribution in [0.15, 0.2) is 54.6 Å². The van der Waals surface area contributed by atoms with Crippen LogP contribution in [0.3, 0.4) is 0 Å². The lowest BCUT2D eigenvalue weighted by atomic mass is 10.0. The number of hydrogen-bond donors (Lipinski definition) is 1. The summed E-state index contributed by atoms with van der Waals surface area (Å²) in [4.78, 5) is 0. The van der Waals surface area contributed by atoms with Gasteiger partial charge in [-0.2, -0.15) is 5.10 Å². The summed E-state index contributed by atoms with van der Waals surface area (Å²) >= 11 is 0. The van der Waals surface area contributed by atoms with Gasteiger partial charge < -0.3 is 10.1 Å². The van der Waals surface area contributed by atoms with Gasteiger partial charge in [-0.3, -0.25) is 0 Å². The number of ether oxygens (including phenoxy) is 1. The van der Waals surface area contributed by atoms with Crippen LogP contribution in [0.4, 0.5) is 5.82 Å². The summed E-state index contributed by atoms with van der Waals surface area (Å²) in [5, 5.41) is 8.59. The van der Waals surface area contributed by atoms with Crippen LogP contribution in [-0.4, -0.2) is 22.9 Å². The second kappa shape index (κ2) is 7.01. The van der Waals surface area contributed by atoms with Crippen molar-refractivity contribution in [3.8, 4) is 22.7 Å². The molecule has 0 atom stereocenters. The van der Waals surface area contributed by atoms with Crippen molar-refractivity contribution >= 4 is 5.82 Å². The van der Waals surface area contributed by atoms with Crippen molar-refractivity contribution in [1.29, 1.82) is 0 Å². The van der Waals surface area contributed by atoms with Crippen molar-refractivity contribution in [1.82, 2.24) is 9.78 Å². The van der Waals surface area contributed by atoms with Gasteiger partial charge in [0.2, 0.25) is 0 Å². The van der Waals surface area contributed by atoms with Crippen molar-refractivity contribution in [3.63, 3.8) is 0 Å². The minimum atomic E-state index is 0.638. The van der Waals surface area contributed by atoms with Gasteiger partial charge in [-0.1, -0.05) is 42.5 Å². The third-order valence-electron chi connectivity index (χ3n) is 4.57. The van der Waals surface area contributed by atoms with Gasteiger partial charge in [0.15, 0.2) is 0 Å². The van der Waals surface area contributed by atoms with E-state index in [4.69, 9.17) is 9.84 Å². The standard InChI is InChI=1S/C21H23N3O/c1-2-25-19-14-7-6-13-18(19)24-21-17(12-8-9-15-22-21)20(23-24)16-10-4-3-5-11-16/h3-7,10-11,13-14,22H,2,8-9,12,15H2,1H3. The Kier molecular flexibility index (Phi) is 4.42. The van der Waals surface area contributed by atoms with Crippen molar-refractivity contribution in [2.24, 2.45) is 0 Å². The van der Waals surface area contributed by atoms with Crippen LogP contribution in [0.5, 0.6) is 5.75 Å². The van der Waals surface area contributed by atoms with E-state index < -0.39 is 0 Å². The first kappa shape index (κ1) is 15.8. The van der Waals surface area contributed by atoms with Gasteiger partial charge in [-0.25, -0.2) is 4.68 Å². The third kappa shape index (κ3) is 3.00. The maximum Gasteiger partial charge on any atom is 0.145 e. The summed E-state index contributed by atoms with van der Waals surface area (Å²) in [6, 6.07) is 18.6. The van der Waals surface area contributed by atoms with Crippen molar-refractivity contribution in [2.45, 2.75) is 26.2 Å². The molecule has 0 spiro atoms. The molecule has 1 aliphatic rings. The monoisotopic (exact) mass is 333 g/mol. The lowest BCUT2D eigenvalue weighted by Gasteiger charge is -2.13. The maximum atomic E-state index is 5.84. The van der Waals surface area contributed by atoms with E-state index in [0.717, 1.165) is 41.5 Å². The number of para-hydroxylation sites is 2. The van der Waals surface area contributed by atoms with Crippen LogP contribution in [0.1, 0.15) is 25.3 Å². The predicted molar refractivity (Wildman–Crippen MR) is 102 cm³/mol. The number of anilines is 1. The van der Waals surface area contributed by atoms with E-state index in [2.05, 4.69) is 35.6 Å². The SMILES string of the molecule is CCOc1ccccc1-n1nc(-c2ccccc2)c2c1NCCCC2. The number of nitrogens with zero attached hydrogens (tertiary/aromatic N) is 2. The average molecular weight is 333 g/mol. The number of aromatic nitrogens is 2. The van der Waals surface area contributed by atoms with Gasteiger partial charge in [0.25, 0.3) is 0 Å². The van der Waals surface area contributed by atoms with Gasteiger partial charge in [0.1, 0.15) is 17.3 Å². The second-order valence-corrected chi connectivity index (χ2v) is 6.24. The van der Waals surface area contributed by atoms with Crippen LogP contribution in [0.2, 0.25) is 0 Å². The summed E-state index contributed by atoms with van der Waals surface area (Å²) in [6.07, 6.45) is 3.40. The molecule has 0 aliphatic carbocycles. The fourth-order valence-corrected chi connectivity index (χ4v) is 3.41. The van der Waals surface area contributed by atoms with Gasteiger partial charge in [-0.05, 0) is 38.3 Å². The van der Waals surface area contributed by atoms with Crippen LogP contribution >= 0.6 is 0 Å². The van der Waals surface area contributed by atoms with Crippen molar-refractivity contribution in [3.05, 3.63) is 60.2 Å². The van der Waals surface area contributed by atoms with Crippen molar-refractivity contribution < 1.29 is 4.74 Å². The van der Waals surface area contributed by atoms with E-state index in [-0.39, 0.29) is 0 Å². The minimum absolute atomic E-state index is 0.638. The quantitative estimate of drug-likeness (QED) is 0.753. The highest BCUT2D eigenvalue weighted by Crippen LogP contribution is 2.35. The van der Waals surface area contributed by atoms with E-state index in [1.165, 1.54) is 18.4 Å². The smallest absolute Gasteiger partial charge is 0.145 e. The highest BCUT2D eigenvalue weighted by molar-refractivity contribution is 5.72. The molecule has 128 valence electrons. The molecule has 0 bridgehead atoms. The number of rotatable bonds is 4. The summed E-state index contributed by atoms with van der Waals surface area (Å²) in [6.45, 7) is 3.62. The number of nitrogens with one attached hydrogen (secondary N) is 1. The van der Waals surface area contributed by atoms with E-state index in [1.807, 2.05) is 35.9 Å². The lowest BCUT2D eigenvalue weighted by molar-refractivity contribution is 0.338. The number of hydrogen-bond acceptors (Lipinski definition) is 3. The maximum absolute atomic E-state index is 5.84. The Hall–Kier alpha value is -2.75. The minimum Gasteiger partial charge on any atom is -0.492 e. The zero-order valence-corrected chi connectivity index (χ0v) is 14.5. The molecule has 0 radical (unpaired) electrons. The molecule has 1 aromatic heterocycles. The van der Waals surface area contributed by atoms with E-state index in [0.29, 0.717) is 6.61 Å². The molecule has 4 rings (SSSR count). The molecule has 4 nitrogen and oxygen atoms in total. The Balaban J connectivity index is 1.91. The highest BCUT2D eigenvalue weighted by Gasteiger charge is 2.22. The Labute approximate surface area is 148 Å². The molecular formula is C21H23N3O. The van der Waals surface area contributed by atoms with Crippen LogP contribution < -0.4 is 10.1 Å². The fourth-order valence-electron chi connectivity index (χ4n) is 3.41. The molecule has 0 saturated carbocycles. The summed E-state index contributed by atoms with van der Waals surface area (Å²) in [5.74, 6) is 1.96. The first-order chi connectivity index (χ1) is 12.4. The molecule has 2 aromatic carbocycles. The summed E-state index contributed by atoms with van der Waals surface area (Å²) in [7, 11) is 0. The molecular weight excluding hydrogens is 310 g/mol. The fraction of sp³-hybridized carbons (Fsp3) is 0.286. The highest BCUT2D eigenvalue weighted by atomic mass is 16.5. The van der Waals surface area contributed by atoms with Gasteiger partial charge in [-0.15, -0.1) is 0 Å². The van der Waals surface area contributed by atoms with Crippen LogP contribution in [-0.2, 0) is 6.42 Å². The molecule has 0 saturated heterocycles. The molecule has 0 amide bonds. The van der Waals surface area contributed by atoms with Crippen LogP contribution in [0, 0.1) is 0 Å². The van der Waals surface area contributed by atoms with Crippen molar-refractivity contribution in [2.75, 3.05) is 18.5 Å². The lowest BCUT2D eigenvalue weighted by Crippen LogP contribution is -2.08. The van der Waals surface area contributed by atoms with E-state index in [9.17, 15) is 0 Å². The first-order valence-corrected chi connectivity index (χ1v) is 9.02.